The summed E-state index contributed by atoms with van der Waals surface area (Å²) >= 11 is 0. The summed E-state index contributed by atoms with van der Waals surface area (Å²) in [7, 11) is 0. The molecule has 0 amide bonds. The molecule has 1 rings (SSSR count). The number of nitrogens with zero attached hydrogens (tertiary/aromatic N) is 1. The maximum Gasteiger partial charge on any atom is 0.0572 e. The average molecular weight is 161 g/mol. The van der Waals surface area contributed by atoms with Crippen molar-refractivity contribution in [3.05, 3.63) is 35.4 Å². The molecule has 1 aromatic carbocycles. The fraction of sp³-hybridized carbons (Fsp3) is 0.455. The number of hydrogen-bond acceptors (Lipinski definition) is 0. The highest BCUT2D eigenvalue weighted by atomic mass is 14.5. The molecular formula is C11H15N. The van der Waals surface area contributed by atoms with Crippen LogP contribution in [0.15, 0.2) is 24.3 Å². The second-order valence-corrected chi connectivity index (χ2v) is 4.11. The van der Waals surface area contributed by atoms with Crippen molar-refractivity contribution in [2.45, 2.75) is 32.7 Å². The molecule has 12 heavy (non-hydrogen) atoms. The molecule has 0 saturated carbocycles. The van der Waals surface area contributed by atoms with Crippen LogP contribution in [0, 0.1) is 0 Å². The van der Waals surface area contributed by atoms with Gasteiger partial charge in [-0.2, -0.15) is 0 Å². The van der Waals surface area contributed by atoms with Crippen LogP contribution in [-0.4, -0.2) is 0 Å². The molecule has 0 N–H and O–H groups in total. The first kappa shape index (κ1) is 9.27. The molecule has 1 aromatic rings. The molecule has 0 heterocycles. The molecule has 0 atom stereocenters. The lowest BCUT2D eigenvalue weighted by Crippen LogP contribution is -2.10. The van der Waals surface area contributed by atoms with Gasteiger partial charge in [0.2, 0.25) is 0 Å². The third kappa shape index (κ3) is 2.08. The summed E-state index contributed by atoms with van der Waals surface area (Å²) in [6.45, 7) is 6.67. The van der Waals surface area contributed by atoms with Crippen LogP contribution in [0.3, 0.4) is 0 Å². The summed E-state index contributed by atoms with van der Waals surface area (Å²) < 4.78 is 0. The van der Waals surface area contributed by atoms with E-state index >= 15 is 0 Å². The van der Waals surface area contributed by atoms with E-state index in [-0.39, 0.29) is 12.0 Å². The molecule has 0 unspecified atom stereocenters. The van der Waals surface area contributed by atoms with E-state index < -0.39 is 0 Å². The Morgan fingerprint density at radius 3 is 1.92 bits per heavy atom. The molecule has 0 aliphatic heterocycles. The third-order valence-corrected chi connectivity index (χ3v) is 2.00. The van der Waals surface area contributed by atoms with Crippen molar-refractivity contribution in [3.8, 4) is 0 Å². The van der Waals surface area contributed by atoms with E-state index in [1.807, 2.05) is 12.1 Å². The average Bonchev–Trinajstić information content (AvgIpc) is 2.03. The minimum absolute atomic E-state index is 0.129. The van der Waals surface area contributed by atoms with E-state index in [1.54, 1.807) is 0 Å². The molecule has 1 nitrogen and oxygen atoms in total. The molecule has 0 saturated heterocycles. The van der Waals surface area contributed by atoms with Gasteiger partial charge in [0.1, 0.15) is 0 Å². The van der Waals surface area contributed by atoms with Gasteiger partial charge in [-0.3, -0.25) is 0 Å². The number of rotatable bonds is 1. The van der Waals surface area contributed by atoms with Gasteiger partial charge < -0.3 is 0 Å². The Labute approximate surface area is 74.6 Å². The highest BCUT2D eigenvalue weighted by molar-refractivity contribution is 5.27. The van der Waals surface area contributed by atoms with Crippen LogP contribution in [0.25, 0.3) is 0 Å². The molecule has 0 bridgehead atoms. The van der Waals surface area contributed by atoms with Gasteiger partial charge >= 0.3 is 0 Å². The summed E-state index contributed by atoms with van der Waals surface area (Å²) in [5.74, 6) is 0. The van der Waals surface area contributed by atoms with E-state index in [1.165, 1.54) is 5.56 Å². The van der Waals surface area contributed by atoms with Gasteiger partial charge in [-0.25, -0.2) is 0 Å². The Morgan fingerprint density at radius 2 is 1.58 bits per heavy atom. The third-order valence-electron chi connectivity index (χ3n) is 2.00. The van der Waals surface area contributed by atoms with Gasteiger partial charge in [0, 0.05) is 0 Å². The maximum absolute atomic E-state index is 8.83. The van der Waals surface area contributed by atoms with Crippen LogP contribution < -0.4 is 5.73 Å². The Bertz CT molecular complexity index is 241. The van der Waals surface area contributed by atoms with Gasteiger partial charge in [0.15, 0.2) is 0 Å². The molecule has 1 heteroatoms. The van der Waals surface area contributed by atoms with Crippen LogP contribution in [0.4, 0.5) is 0 Å². The van der Waals surface area contributed by atoms with Crippen molar-refractivity contribution in [2.24, 2.45) is 0 Å². The van der Waals surface area contributed by atoms with Gasteiger partial charge in [-0.1, -0.05) is 45.0 Å². The molecule has 2 radical (unpaired) electrons. The normalized spacial score (nSPS) is 11.7. The Hall–Kier alpha value is -0.820. The Kier molecular flexibility index (Phi) is 2.53. The molecule has 0 fully saturated rings. The monoisotopic (exact) mass is 161 g/mol. The molecule has 0 aliphatic carbocycles. The Balaban J connectivity index is 2.93. The lowest BCUT2D eigenvalue weighted by molar-refractivity contribution is 0.590. The van der Waals surface area contributed by atoms with E-state index in [0.717, 1.165) is 5.56 Å². The van der Waals surface area contributed by atoms with Crippen molar-refractivity contribution >= 4 is 0 Å². The van der Waals surface area contributed by atoms with Crippen molar-refractivity contribution in [3.63, 3.8) is 0 Å². The standard InChI is InChI=1S/C11H15N/c1-11(2,3)10-6-4-9(8-12)5-7-10/h4-7H,8H2,1-3H3. The van der Waals surface area contributed by atoms with Crippen LogP contribution in [-0.2, 0) is 12.0 Å². The van der Waals surface area contributed by atoms with Gasteiger partial charge in [-0.05, 0) is 16.5 Å². The summed E-state index contributed by atoms with van der Waals surface area (Å²) in [5, 5.41) is 0. The predicted molar refractivity (Wildman–Crippen MR) is 51.0 cm³/mol. The summed E-state index contributed by atoms with van der Waals surface area (Å²) in [5.41, 5.74) is 11.3. The zero-order chi connectivity index (χ0) is 9.19. The summed E-state index contributed by atoms with van der Waals surface area (Å²) in [4.78, 5) is 0. The second-order valence-electron chi connectivity index (χ2n) is 4.11. The topological polar surface area (TPSA) is 22.3 Å². The minimum Gasteiger partial charge on any atom is -0.140 e. The molecule has 0 aromatic heterocycles. The molecular weight excluding hydrogens is 146 g/mol. The molecule has 64 valence electrons. The van der Waals surface area contributed by atoms with Crippen LogP contribution in [0.5, 0.6) is 0 Å². The highest BCUT2D eigenvalue weighted by Crippen LogP contribution is 2.21. The zero-order valence-corrected chi connectivity index (χ0v) is 7.96. The van der Waals surface area contributed by atoms with Gasteiger partial charge in [-0.15, -0.1) is 5.73 Å². The smallest absolute Gasteiger partial charge is 0.0572 e. The zero-order valence-electron chi connectivity index (χ0n) is 7.96. The first-order chi connectivity index (χ1) is 5.54. The van der Waals surface area contributed by atoms with E-state index in [9.17, 15) is 0 Å². The molecule has 0 spiro atoms. The van der Waals surface area contributed by atoms with Crippen molar-refractivity contribution in [2.75, 3.05) is 0 Å². The second kappa shape index (κ2) is 3.28. The predicted octanol–water partition coefficient (Wildman–Crippen LogP) is 2.55. The quantitative estimate of drug-likeness (QED) is 0.604. The van der Waals surface area contributed by atoms with Crippen molar-refractivity contribution < 1.29 is 0 Å². The van der Waals surface area contributed by atoms with Crippen LogP contribution >= 0.6 is 0 Å². The van der Waals surface area contributed by atoms with Gasteiger partial charge in [0.25, 0.3) is 0 Å². The first-order valence-electron chi connectivity index (χ1n) is 4.24. The van der Waals surface area contributed by atoms with E-state index in [4.69, 9.17) is 5.73 Å². The van der Waals surface area contributed by atoms with Crippen LogP contribution in [0.1, 0.15) is 31.9 Å². The van der Waals surface area contributed by atoms with Crippen LogP contribution in [0.2, 0.25) is 0 Å². The largest absolute Gasteiger partial charge is 0.140 e. The van der Waals surface area contributed by atoms with Gasteiger partial charge in [0.05, 0.1) is 6.54 Å². The number of benzene rings is 1. The lowest BCUT2D eigenvalue weighted by atomic mass is 9.87. The van der Waals surface area contributed by atoms with Crippen molar-refractivity contribution in [1.82, 2.24) is 5.73 Å². The minimum atomic E-state index is 0.129. The van der Waals surface area contributed by atoms with E-state index in [0.29, 0.717) is 0 Å². The fourth-order valence-electron chi connectivity index (χ4n) is 1.11. The van der Waals surface area contributed by atoms with E-state index in [2.05, 4.69) is 32.9 Å². The SMILES string of the molecule is CC(C)(C)c1ccc(C[N])cc1. The maximum atomic E-state index is 8.83. The summed E-state index contributed by atoms with van der Waals surface area (Å²) in [6.07, 6.45) is 0. The van der Waals surface area contributed by atoms with Crippen molar-refractivity contribution in [1.29, 1.82) is 0 Å². The first-order valence-corrected chi connectivity index (χ1v) is 4.24. The molecule has 0 aliphatic rings. The Morgan fingerprint density at radius 1 is 1.08 bits per heavy atom. The number of hydrogen-bond donors (Lipinski definition) is 0. The lowest BCUT2D eigenvalue weighted by Gasteiger charge is -2.18. The highest BCUT2D eigenvalue weighted by Gasteiger charge is 2.12. The summed E-state index contributed by atoms with van der Waals surface area (Å²) in [6, 6.07) is 8.10. The fourth-order valence-corrected chi connectivity index (χ4v) is 1.11.